The van der Waals surface area contributed by atoms with Gasteiger partial charge in [-0.2, -0.15) is 0 Å². The maximum Gasteiger partial charge on any atom is 0.126 e. The van der Waals surface area contributed by atoms with Crippen LogP contribution in [0.15, 0.2) is 30.5 Å². The molecular formula is C12H14N2S. The molecule has 2 heterocycles. The van der Waals surface area contributed by atoms with Crippen molar-refractivity contribution in [3.8, 4) is 0 Å². The third-order valence-electron chi connectivity index (χ3n) is 2.36. The van der Waals surface area contributed by atoms with Gasteiger partial charge < -0.3 is 5.73 Å². The zero-order valence-electron chi connectivity index (χ0n) is 8.73. The average Bonchev–Trinajstić information content (AvgIpc) is 2.69. The normalized spacial score (nSPS) is 10.5. The van der Waals surface area contributed by atoms with Crippen molar-refractivity contribution in [1.82, 2.24) is 4.98 Å². The zero-order valence-corrected chi connectivity index (χ0v) is 9.55. The molecule has 2 aromatic rings. The highest BCUT2D eigenvalue weighted by Gasteiger charge is 2.03. The van der Waals surface area contributed by atoms with E-state index in [0.29, 0.717) is 5.82 Å². The summed E-state index contributed by atoms with van der Waals surface area (Å²) in [5.74, 6) is 0.643. The first-order valence-corrected chi connectivity index (χ1v) is 5.88. The van der Waals surface area contributed by atoms with Crippen LogP contribution in [0, 0.1) is 0 Å². The molecule has 0 saturated heterocycles. The van der Waals surface area contributed by atoms with E-state index in [-0.39, 0.29) is 0 Å². The highest BCUT2D eigenvalue weighted by atomic mass is 32.1. The lowest BCUT2D eigenvalue weighted by atomic mass is 10.1. The van der Waals surface area contributed by atoms with E-state index < -0.39 is 0 Å². The van der Waals surface area contributed by atoms with Crippen molar-refractivity contribution in [2.75, 3.05) is 5.73 Å². The number of aryl methyl sites for hydroxylation is 1. The Morgan fingerprint density at radius 2 is 2.07 bits per heavy atom. The van der Waals surface area contributed by atoms with E-state index in [0.717, 1.165) is 18.4 Å². The standard InChI is InChI=1S/C12H14N2S/c1-2-10-5-6-11(15-10)8-9-4-3-7-14-12(9)13/h3-7H,2,8H2,1H3,(H2,13,14). The average molecular weight is 218 g/mol. The molecule has 0 fully saturated rings. The van der Waals surface area contributed by atoms with Gasteiger partial charge in [-0.1, -0.05) is 13.0 Å². The number of pyridine rings is 1. The van der Waals surface area contributed by atoms with Crippen LogP contribution < -0.4 is 5.73 Å². The number of aromatic nitrogens is 1. The fourth-order valence-electron chi connectivity index (χ4n) is 1.50. The third kappa shape index (κ3) is 2.36. The second kappa shape index (κ2) is 4.45. The van der Waals surface area contributed by atoms with Crippen LogP contribution in [-0.4, -0.2) is 4.98 Å². The molecule has 2 nitrogen and oxygen atoms in total. The molecule has 2 N–H and O–H groups in total. The monoisotopic (exact) mass is 218 g/mol. The van der Waals surface area contributed by atoms with Crippen molar-refractivity contribution in [2.24, 2.45) is 0 Å². The van der Waals surface area contributed by atoms with E-state index in [4.69, 9.17) is 5.73 Å². The van der Waals surface area contributed by atoms with E-state index in [9.17, 15) is 0 Å². The van der Waals surface area contributed by atoms with Crippen LogP contribution in [0.1, 0.15) is 22.2 Å². The lowest BCUT2D eigenvalue weighted by molar-refractivity contribution is 1.18. The molecule has 15 heavy (non-hydrogen) atoms. The van der Waals surface area contributed by atoms with Crippen LogP contribution >= 0.6 is 11.3 Å². The number of nitrogens with two attached hydrogens (primary N) is 1. The predicted molar refractivity (Wildman–Crippen MR) is 65.2 cm³/mol. The minimum Gasteiger partial charge on any atom is -0.383 e. The Hall–Kier alpha value is -1.35. The Morgan fingerprint density at radius 3 is 2.73 bits per heavy atom. The quantitative estimate of drug-likeness (QED) is 0.860. The molecule has 0 aliphatic heterocycles. The Morgan fingerprint density at radius 1 is 1.27 bits per heavy atom. The Bertz CT molecular complexity index is 448. The highest BCUT2D eigenvalue weighted by molar-refractivity contribution is 7.12. The molecule has 0 atom stereocenters. The van der Waals surface area contributed by atoms with Gasteiger partial charge in [-0.15, -0.1) is 11.3 Å². The zero-order chi connectivity index (χ0) is 10.7. The van der Waals surface area contributed by atoms with E-state index >= 15 is 0 Å². The van der Waals surface area contributed by atoms with Gasteiger partial charge in [0.1, 0.15) is 5.82 Å². The maximum atomic E-state index is 5.80. The maximum absolute atomic E-state index is 5.80. The second-order valence-electron chi connectivity index (χ2n) is 3.45. The molecule has 0 amide bonds. The number of rotatable bonds is 3. The Balaban J connectivity index is 2.18. The second-order valence-corrected chi connectivity index (χ2v) is 4.70. The lowest BCUT2D eigenvalue weighted by Crippen LogP contribution is -1.96. The topological polar surface area (TPSA) is 38.9 Å². The minimum atomic E-state index is 0.643. The summed E-state index contributed by atoms with van der Waals surface area (Å²) in [7, 11) is 0. The van der Waals surface area contributed by atoms with Gasteiger partial charge in [0.25, 0.3) is 0 Å². The minimum absolute atomic E-state index is 0.643. The van der Waals surface area contributed by atoms with Crippen LogP contribution in [0.5, 0.6) is 0 Å². The Labute approximate surface area is 93.8 Å². The Kier molecular flexibility index (Phi) is 3.02. The fourth-order valence-corrected chi connectivity index (χ4v) is 2.48. The smallest absolute Gasteiger partial charge is 0.126 e. The summed E-state index contributed by atoms with van der Waals surface area (Å²) in [5.41, 5.74) is 6.91. The van der Waals surface area contributed by atoms with E-state index in [1.54, 1.807) is 6.20 Å². The predicted octanol–water partition coefficient (Wildman–Crippen LogP) is 2.88. The summed E-state index contributed by atoms with van der Waals surface area (Å²) in [6.45, 7) is 2.17. The van der Waals surface area contributed by atoms with E-state index in [1.807, 2.05) is 23.5 Å². The molecule has 2 rings (SSSR count). The largest absolute Gasteiger partial charge is 0.383 e. The van der Waals surface area contributed by atoms with Crippen molar-refractivity contribution in [1.29, 1.82) is 0 Å². The van der Waals surface area contributed by atoms with Crippen LogP contribution in [0.25, 0.3) is 0 Å². The molecule has 2 aromatic heterocycles. The van der Waals surface area contributed by atoms with Gasteiger partial charge in [-0.3, -0.25) is 0 Å². The third-order valence-corrected chi connectivity index (χ3v) is 3.59. The van der Waals surface area contributed by atoms with Gasteiger partial charge in [-0.05, 0) is 30.2 Å². The molecular weight excluding hydrogens is 204 g/mol. The lowest BCUT2D eigenvalue weighted by Gasteiger charge is -2.01. The summed E-state index contributed by atoms with van der Waals surface area (Å²) in [6.07, 6.45) is 3.72. The van der Waals surface area contributed by atoms with Gasteiger partial charge in [0, 0.05) is 22.4 Å². The van der Waals surface area contributed by atoms with Gasteiger partial charge in [0.15, 0.2) is 0 Å². The molecule has 78 valence electrons. The van der Waals surface area contributed by atoms with Gasteiger partial charge in [-0.25, -0.2) is 4.98 Å². The van der Waals surface area contributed by atoms with Gasteiger partial charge in [0.2, 0.25) is 0 Å². The van der Waals surface area contributed by atoms with Gasteiger partial charge >= 0.3 is 0 Å². The summed E-state index contributed by atoms with van der Waals surface area (Å²) < 4.78 is 0. The molecule has 0 unspecified atom stereocenters. The van der Waals surface area contributed by atoms with Gasteiger partial charge in [0.05, 0.1) is 0 Å². The summed E-state index contributed by atoms with van der Waals surface area (Å²) in [6, 6.07) is 8.33. The number of hydrogen-bond acceptors (Lipinski definition) is 3. The summed E-state index contributed by atoms with van der Waals surface area (Å²) >= 11 is 1.85. The summed E-state index contributed by atoms with van der Waals surface area (Å²) in [4.78, 5) is 6.86. The van der Waals surface area contributed by atoms with Crippen LogP contribution in [0.2, 0.25) is 0 Å². The summed E-state index contributed by atoms with van der Waals surface area (Å²) in [5, 5.41) is 0. The first-order valence-electron chi connectivity index (χ1n) is 5.06. The molecule has 0 saturated carbocycles. The van der Waals surface area contributed by atoms with Crippen molar-refractivity contribution < 1.29 is 0 Å². The number of nitrogens with zero attached hydrogens (tertiary/aromatic N) is 1. The molecule has 0 aliphatic rings. The van der Waals surface area contributed by atoms with Crippen LogP contribution in [0.3, 0.4) is 0 Å². The first kappa shape index (κ1) is 10.2. The van der Waals surface area contributed by atoms with Crippen LogP contribution in [-0.2, 0) is 12.8 Å². The number of thiophene rings is 1. The number of hydrogen-bond donors (Lipinski definition) is 1. The molecule has 3 heteroatoms. The number of anilines is 1. The van der Waals surface area contributed by atoms with Crippen molar-refractivity contribution in [2.45, 2.75) is 19.8 Å². The SMILES string of the molecule is CCc1ccc(Cc2cccnc2N)s1. The molecule has 0 aromatic carbocycles. The van der Waals surface area contributed by atoms with Crippen molar-refractivity contribution in [3.63, 3.8) is 0 Å². The van der Waals surface area contributed by atoms with Crippen molar-refractivity contribution >= 4 is 17.2 Å². The van der Waals surface area contributed by atoms with E-state index in [2.05, 4.69) is 24.0 Å². The molecule has 0 spiro atoms. The molecule has 0 bridgehead atoms. The molecule has 0 aliphatic carbocycles. The fraction of sp³-hybridized carbons (Fsp3) is 0.250. The number of nitrogen functional groups attached to an aromatic ring is 1. The first-order chi connectivity index (χ1) is 7.29. The van der Waals surface area contributed by atoms with Crippen molar-refractivity contribution in [3.05, 3.63) is 45.8 Å². The molecule has 0 radical (unpaired) electrons. The van der Waals surface area contributed by atoms with Crippen LogP contribution in [0.4, 0.5) is 5.82 Å². The highest BCUT2D eigenvalue weighted by Crippen LogP contribution is 2.21. The van der Waals surface area contributed by atoms with E-state index in [1.165, 1.54) is 9.75 Å².